The Hall–Kier alpha value is -2.48. The van der Waals surface area contributed by atoms with Crippen molar-refractivity contribution < 1.29 is 19.2 Å². The van der Waals surface area contributed by atoms with Crippen molar-refractivity contribution >= 4 is 17.6 Å². The van der Waals surface area contributed by atoms with E-state index >= 15 is 0 Å². The Balaban J connectivity index is 2.26. The van der Waals surface area contributed by atoms with Crippen LogP contribution in [0.3, 0.4) is 0 Å². The van der Waals surface area contributed by atoms with Crippen molar-refractivity contribution in [3.05, 3.63) is 39.9 Å². The molecule has 1 aromatic carbocycles. The average molecular weight is 377 g/mol. The number of amides is 1. The monoisotopic (exact) mass is 377 g/mol. The Kier molecular flexibility index (Phi) is 7.29. The minimum Gasteiger partial charge on any atom is -0.463 e. The molecule has 1 amide bonds. The van der Waals surface area contributed by atoms with Crippen LogP contribution in [0.5, 0.6) is 0 Å². The van der Waals surface area contributed by atoms with Gasteiger partial charge in [-0.2, -0.15) is 0 Å². The van der Waals surface area contributed by atoms with E-state index in [2.05, 4.69) is 5.32 Å². The minimum atomic E-state index is -0.829. The van der Waals surface area contributed by atoms with Crippen LogP contribution in [0.15, 0.2) is 24.3 Å². The highest BCUT2D eigenvalue weighted by Crippen LogP contribution is 2.33. The van der Waals surface area contributed by atoms with E-state index in [1.54, 1.807) is 32.0 Å². The number of nitro benzene ring substituents is 1. The van der Waals surface area contributed by atoms with E-state index in [0.29, 0.717) is 12.1 Å². The first-order valence-electron chi connectivity index (χ1n) is 9.26. The standard InChI is InChI=1S/C19H27N3O5/c1-12(2)27-18(23)10-16(15-7-3-4-9-17(15)22(25)26)21-19(24)14-8-5-6-13(14)11-20/h3-4,7,9,12-14,16H,5-6,8,10-11,20H2,1-2H3,(H,21,24)/t13-,14-,16?/m1/s1. The fourth-order valence-electron chi connectivity index (χ4n) is 3.61. The maximum absolute atomic E-state index is 12.8. The highest BCUT2D eigenvalue weighted by molar-refractivity contribution is 5.81. The highest BCUT2D eigenvalue weighted by Gasteiger charge is 2.34. The topological polar surface area (TPSA) is 125 Å². The molecule has 1 fully saturated rings. The normalized spacial score (nSPS) is 20.3. The van der Waals surface area contributed by atoms with Crippen molar-refractivity contribution in [1.82, 2.24) is 5.32 Å². The van der Waals surface area contributed by atoms with Crippen LogP contribution in [0, 0.1) is 22.0 Å². The van der Waals surface area contributed by atoms with Crippen molar-refractivity contribution in [2.24, 2.45) is 17.6 Å². The van der Waals surface area contributed by atoms with Crippen LogP contribution >= 0.6 is 0 Å². The van der Waals surface area contributed by atoms with Crippen LogP contribution in [0.2, 0.25) is 0 Å². The number of nitrogens with zero attached hydrogens (tertiary/aromatic N) is 1. The highest BCUT2D eigenvalue weighted by atomic mass is 16.6. The van der Waals surface area contributed by atoms with Gasteiger partial charge in [-0.25, -0.2) is 0 Å². The van der Waals surface area contributed by atoms with Crippen molar-refractivity contribution in [2.75, 3.05) is 6.54 Å². The van der Waals surface area contributed by atoms with E-state index in [1.807, 2.05) is 0 Å². The molecule has 0 aromatic heterocycles. The molecule has 8 nitrogen and oxygen atoms in total. The first-order chi connectivity index (χ1) is 12.8. The maximum Gasteiger partial charge on any atom is 0.308 e. The largest absolute Gasteiger partial charge is 0.463 e. The van der Waals surface area contributed by atoms with Crippen molar-refractivity contribution in [2.45, 2.75) is 51.7 Å². The minimum absolute atomic E-state index is 0.0963. The number of carbonyl (C=O) groups is 2. The average Bonchev–Trinajstić information content (AvgIpc) is 3.09. The molecule has 2 rings (SSSR count). The van der Waals surface area contributed by atoms with Crippen LogP contribution in [0.4, 0.5) is 5.69 Å². The molecule has 0 heterocycles. The first-order valence-corrected chi connectivity index (χ1v) is 9.26. The Morgan fingerprint density at radius 3 is 2.67 bits per heavy atom. The van der Waals surface area contributed by atoms with Gasteiger partial charge in [0.2, 0.25) is 5.91 Å². The molecule has 0 saturated heterocycles. The van der Waals surface area contributed by atoms with Crippen LogP contribution in [0.25, 0.3) is 0 Å². The lowest BCUT2D eigenvalue weighted by Gasteiger charge is -2.23. The van der Waals surface area contributed by atoms with Gasteiger partial charge in [0, 0.05) is 12.0 Å². The maximum atomic E-state index is 12.8. The zero-order valence-electron chi connectivity index (χ0n) is 15.7. The fraction of sp³-hybridized carbons (Fsp3) is 0.579. The molecule has 0 radical (unpaired) electrons. The van der Waals surface area contributed by atoms with Gasteiger partial charge in [-0.1, -0.05) is 24.6 Å². The van der Waals surface area contributed by atoms with Crippen LogP contribution in [-0.4, -0.2) is 29.4 Å². The van der Waals surface area contributed by atoms with Crippen molar-refractivity contribution in [3.63, 3.8) is 0 Å². The van der Waals surface area contributed by atoms with Crippen molar-refractivity contribution in [3.8, 4) is 0 Å². The Labute approximate surface area is 158 Å². The summed E-state index contributed by atoms with van der Waals surface area (Å²) in [6.07, 6.45) is 2.06. The van der Waals surface area contributed by atoms with E-state index in [1.165, 1.54) is 6.07 Å². The van der Waals surface area contributed by atoms with E-state index < -0.39 is 16.9 Å². The third kappa shape index (κ3) is 5.50. The number of ether oxygens (including phenoxy) is 1. The van der Waals surface area contributed by atoms with Gasteiger partial charge >= 0.3 is 5.97 Å². The summed E-state index contributed by atoms with van der Waals surface area (Å²) >= 11 is 0. The van der Waals surface area contributed by atoms with E-state index in [4.69, 9.17) is 10.5 Å². The number of nitro groups is 1. The molecule has 1 saturated carbocycles. The lowest BCUT2D eigenvalue weighted by Crippen LogP contribution is -2.38. The number of para-hydroxylation sites is 1. The number of hydrogen-bond acceptors (Lipinski definition) is 6. The van der Waals surface area contributed by atoms with Gasteiger partial charge in [-0.05, 0) is 39.2 Å². The smallest absolute Gasteiger partial charge is 0.308 e. The summed E-state index contributed by atoms with van der Waals surface area (Å²) in [6, 6.07) is 5.29. The molecule has 27 heavy (non-hydrogen) atoms. The third-order valence-corrected chi connectivity index (χ3v) is 4.86. The van der Waals surface area contributed by atoms with Crippen LogP contribution in [-0.2, 0) is 14.3 Å². The predicted octanol–water partition coefficient (Wildman–Crippen LogP) is 2.47. The van der Waals surface area contributed by atoms with E-state index in [0.717, 1.165) is 19.3 Å². The molecular formula is C19H27N3O5. The second kappa shape index (κ2) is 9.45. The number of rotatable bonds is 8. The molecule has 1 aliphatic rings. The van der Waals surface area contributed by atoms with Crippen molar-refractivity contribution in [1.29, 1.82) is 0 Å². The number of esters is 1. The molecule has 8 heteroatoms. The van der Waals surface area contributed by atoms with Gasteiger partial charge in [0.05, 0.1) is 29.1 Å². The Morgan fingerprint density at radius 2 is 2.04 bits per heavy atom. The zero-order valence-corrected chi connectivity index (χ0v) is 15.7. The molecule has 1 aliphatic carbocycles. The van der Waals surface area contributed by atoms with Crippen LogP contribution in [0.1, 0.15) is 51.1 Å². The summed E-state index contributed by atoms with van der Waals surface area (Å²) < 4.78 is 5.17. The molecule has 3 N–H and O–H groups in total. The SMILES string of the molecule is CC(C)OC(=O)CC(NC(=O)[C@@H]1CCC[C@@H]1CN)c1ccccc1[N+](=O)[O-]. The van der Waals surface area contributed by atoms with Gasteiger partial charge in [0.15, 0.2) is 0 Å². The number of benzene rings is 1. The molecule has 1 aromatic rings. The van der Waals surface area contributed by atoms with Gasteiger partial charge in [-0.3, -0.25) is 19.7 Å². The summed E-state index contributed by atoms with van der Waals surface area (Å²) in [4.78, 5) is 35.8. The first kappa shape index (κ1) is 20.8. The second-order valence-electron chi connectivity index (χ2n) is 7.15. The summed E-state index contributed by atoms with van der Waals surface area (Å²) in [5.74, 6) is -0.876. The number of nitrogens with two attached hydrogens (primary N) is 1. The fourth-order valence-corrected chi connectivity index (χ4v) is 3.61. The van der Waals surface area contributed by atoms with E-state index in [-0.39, 0.29) is 36.0 Å². The lowest BCUT2D eigenvalue weighted by molar-refractivity contribution is -0.385. The van der Waals surface area contributed by atoms with E-state index in [9.17, 15) is 19.7 Å². The zero-order chi connectivity index (χ0) is 20.0. The lowest BCUT2D eigenvalue weighted by atomic mass is 9.94. The molecule has 148 valence electrons. The summed E-state index contributed by atoms with van der Waals surface area (Å²) in [5, 5.41) is 14.2. The number of hydrogen-bond donors (Lipinski definition) is 2. The predicted molar refractivity (Wildman–Crippen MR) is 99.7 cm³/mol. The number of carbonyl (C=O) groups excluding carboxylic acids is 2. The molecule has 0 bridgehead atoms. The number of nitrogens with one attached hydrogen (secondary N) is 1. The Bertz CT molecular complexity index is 692. The summed E-state index contributed by atoms with van der Waals surface area (Å²) in [6.45, 7) is 3.87. The van der Waals surface area contributed by atoms with Gasteiger partial charge < -0.3 is 15.8 Å². The summed E-state index contributed by atoms with van der Waals surface area (Å²) in [7, 11) is 0. The quantitative estimate of drug-likeness (QED) is 0.407. The molecule has 3 atom stereocenters. The Morgan fingerprint density at radius 1 is 1.33 bits per heavy atom. The summed E-state index contributed by atoms with van der Waals surface area (Å²) in [5.41, 5.74) is 5.91. The van der Waals surface area contributed by atoms with Gasteiger partial charge in [0.25, 0.3) is 5.69 Å². The molecule has 1 unspecified atom stereocenters. The van der Waals surface area contributed by atoms with Gasteiger partial charge in [0.1, 0.15) is 0 Å². The molecule has 0 spiro atoms. The van der Waals surface area contributed by atoms with Gasteiger partial charge in [-0.15, -0.1) is 0 Å². The third-order valence-electron chi connectivity index (χ3n) is 4.86. The second-order valence-corrected chi connectivity index (χ2v) is 7.15. The van der Waals surface area contributed by atoms with Crippen LogP contribution < -0.4 is 11.1 Å². The molecule has 0 aliphatic heterocycles. The molecular weight excluding hydrogens is 350 g/mol.